The maximum Gasteiger partial charge on any atom is 0.329 e. The van der Waals surface area contributed by atoms with E-state index in [4.69, 9.17) is 23.2 Å². The number of amides is 2. The van der Waals surface area contributed by atoms with Crippen LogP contribution < -0.4 is 10.7 Å². The van der Waals surface area contributed by atoms with E-state index in [1.54, 1.807) is 18.2 Å². The van der Waals surface area contributed by atoms with Crippen molar-refractivity contribution in [2.75, 3.05) is 5.32 Å². The Hall–Kier alpha value is -2.37. The van der Waals surface area contributed by atoms with E-state index < -0.39 is 11.8 Å². The van der Waals surface area contributed by atoms with E-state index in [-0.39, 0.29) is 15.7 Å². The Kier molecular flexibility index (Phi) is 6.56. The van der Waals surface area contributed by atoms with E-state index >= 15 is 0 Å². The van der Waals surface area contributed by atoms with E-state index in [0.717, 1.165) is 5.56 Å². The van der Waals surface area contributed by atoms with Gasteiger partial charge in [-0.05, 0) is 29.2 Å². The fraction of sp³-hybridized carbons (Fsp3) is 0.167. The van der Waals surface area contributed by atoms with Crippen molar-refractivity contribution in [2.24, 2.45) is 5.10 Å². The lowest BCUT2D eigenvalue weighted by Gasteiger charge is -2.07. The van der Waals surface area contributed by atoms with Crippen LogP contribution in [0, 0.1) is 0 Å². The van der Waals surface area contributed by atoms with Gasteiger partial charge in [0, 0.05) is 0 Å². The second-order valence-electron chi connectivity index (χ2n) is 5.58. The number of hydrazone groups is 1. The summed E-state index contributed by atoms with van der Waals surface area (Å²) in [6.07, 6.45) is 1.46. The molecule has 0 bridgehead atoms. The summed E-state index contributed by atoms with van der Waals surface area (Å²) in [4.78, 5) is 23.6. The quantitative estimate of drug-likeness (QED) is 0.476. The SMILES string of the molecule is CC(C)c1ccc(/C=N/NC(=O)C(=O)Nc2cccc(Cl)c2Cl)cc1. The van der Waals surface area contributed by atoms with Crippen LogP contribution in [-0.4, -0.2) is 18.0 Å². The van der Waals surface area contributed by atoms with Gasteiger partial charge in [-0.1, -0.05) is 67.4 Å². The third-order valence-corrected chi connectivity index (χ3v) is 4.21. The Labute approximate surface area is 156 Å². The molecule has 2 rings (SSSR count). The zero-order valence-corrected chi connectivity index (χ0v) is 15.2. The van der Waals surface area contributed by atoms with Gasteiger partial charge in [-0.3, -0.25) is 9.59 Å². The van der Waals surface area contributed by atoms with Gasteiger partial charge in [0.2, 0.25) is 0 Å². The van der Waals surface area contributed by atoms with Gasteiger partial charge in [0.15, 0.2) is 0 Å². The molecule has 2 N–H and O–H groups in total. The molecule has 0 spiro atoms. The predicted molar refractivity (Wildman–Crippen MR) is 101 cm³/mol. The molecule has 7 heteroatoms. The minimum absolute atomic E-state index is 0.166. The lowest BCUT2D eigenvalue weighted by Crippen LogP contribution is -2.32. The molecule has 5 nitrogen and oxygen atoms in total. The third-order valence-electron chi connectivity index (χ3n) is 3.39. The van der Waals surface area contributed by atoms with Crippen LogP contribution in [0.25, 0.3) is 0 Å². The third kappa shape index (κ3) is 5.31. The molecule has 130 valence electrons. The highest BCUT2D eigenvalue weighted by Gasteiger charge is 2.15. The first-order chi connectivity index (χ1) is 11.9. The number of nitrogens with zero attached hydrogens (tertiary/aromatic N) is 1. The van der Waals surface area contributed by atoms with E-state index in [1.807, 2.05) is 24.3 Å². The monoisotopic (exact) mass is 377 g/mol. The molecule has 0 aromatic heterocycles. The van der Waals surface area contributed by atoms with Gasteiger partial charge in [0.25, 0.3) is 0 Å². The van der Waals surface area contributed by atoms with Crippen molar-refractivity contribution in [3.8, 4) is 0 Å². The van der Waals surface area contributed by atoms with Gasteiger partial charge >= 0.3 is 11.8 Å². The van der Waals surface area contributed by atoms with Crippen LogP contribution in [0.2, 0.25) is 10.0 Å². The first-order valence-corrected chi connectivity index (χ1v) is 8.32. The van der Waals surface area contributed by atoms with Crippen LogP contribution in [0.15, 0.2) is 47.6 Å². The zero-order valence-electron chi connectivity index (χ0n) is 13.7. The molecule has 2 aromatic rings. The van der Waals surface area contributed by atoms with Crippen LogP contribution in [0.5, 0.6) is 0 Å². The Morgan fingerprint density at radius 3 is 2.36 bits per heavy atom. The van der Waals surface area contributed by atoms with Crippen LogP contribution in [0.4, 0.5) is 5.69 Å². The molecule has 0 aliphatic carbocycles. The average Bonchev–Trinajstić information content (AvgIpc) is 2.59. The van der Waals surface area contributed by atoms with Gasteiger partial charge in [0.05, 0.1) is 21.9 Å². The highest BCUT2D eigenvalue weighted by atomic mass is 35.5. The summed E-state index contributed by atoms with van der Waals surface area (Å²) in [5.41, 5.74) is 4.43. The number of hydrogen-bond donors (Lipinski definition) is 2. The minimum atomic E-state index is -0.911. The first-order valence-electron chi connectivity index (χ1n) is 7.57. The zero-order chi connectivity index (χ0) is 18.4. The molecule has 2 amide bonds. The number of benzene rings is 2. The predicted octanol–water partition coefficient (Wildman–Crippen LogP) is 4.21. The summed E-state index contributed by atoms with van der Waals surface area (Å²) in [6.45, 7) is 4.21. The van der Waals surface area contributed by atoms with Crippen molar-refractivity contribution in [2.45, 2.75) is 19.8 Å². The first kappa shape index (κ1) is 19.0. The summed E-state index contributed by atoms with van der Waals surface area (Å²) in [7, 11) is 0. The highest BCUT2D eigenvalue weighted by Crippen LogP contribution is 2.29. The van der Waals surface area contributed by atoms with E-state index in [0.29, 0.717) is 5.92 Å². The normalized spacial score (nSPS) is 10.9. The summed E-state index contributed by atoms with van der Waals surface area (Å²) in [5.74, 6) is -1.37. The van der Waals surface area contributed by atoms with Crippen molar-refractivity contribution in [3.63, 3.8) is 0 Å². The molecule has 0 radical (unpaired) electrons. The maximum absolute atomic E-state index is 11.8. The van der Waals surface area contributed by atoms with Crippen LogP contribution in [0.1, 0.15) is 30.9 Å². The number of carbonyl (C=O) groups is 2. The number of anilines is 1. The Morgan fingerprint density at radius 2 is 1.72 bits per heavy atom. The van der Waals surface area contributed by atoms with Crippen molar-refractivity contribution in [1.82, 2.24) is 5.43 Å². The van der Waals surface area contributed by atoms with Crippen LogP contribution in [0.3, 0.4) is 0 Å². The standard InChI is InChI=1S/C18H17Cl2N3O2/c1-11(2)13-8-6-12(7-9-13)10-21-23-18(25)17(24)22-15-5-3-4-14(19)16(15)20/h3-11H,1-2H3,(H,22,24)(H,23,25)/b21-10+. The molecule has 0 aliphatic rings. The second kappa shape index (κ2) is 8.65. The Morgan fingerprint density at radius 1 is 1.04 bits per heavy atom. The molecule has 0 unspecified atom stereocenters. The van der Waals surface area contributed by atoms with Crippen molar-refractivity contribution >= 4 is 46.9 Å². The summed E-state index contributed by atoms with van der Waals surface area (Å²) in [6, 6.07) is 12.5. The van der Waals surface area contributed by atoms with Gasteiger partial charge in [0.1, 0.15) is 0 Å². The lowest BCUT2D eigenvalue weighted by molar-refractivity contribution is -0.136. The average molecular weight is 378 g/mol. The maximum atomic E-state index is 11.8. The molecule has 0 fully saturated rings. The topological polar surface area (TPSA) is 70.6 Å². The van der Waals surface area contributed by atoms with Crippen molar-refractivity contribution in [1.29, 1.82) is 0 Å². The van der Waals surface area contributed by atoms with Crippen LogP contribution in [-0.2, 0) is 9.59 Å². The molecule has 2 aromatic carbocycles. The van der Waals surface area contributed by atoms with Gasteiger partial charge in [-0.15, -0.1) is 0 Å². The van der Waals surface area contributed by atoms with Crippen molar-refractivity contribution in [3.05, 3.63) is 63.6 Å². The fourth-order valence-corrected chi connectivity index (χ4v) is 2.31. The fourth-order valence-electron chi connectivity index (χ4n) is 1.96. The number of hydrogen-bond acceptors (Lipinski definition) is 3. The molecule has 25 heavy (non-hydrogen) atoms. The summed E-state index contributed by atoms with van der Waals surface area (Å²) in [5, 5.41) is 6.60. The minimum Gasteiger partial charge on any atom is -0.316 e. The molecule has 0 atom stereocenters. The van der Waals surface area contributed by atoms with E-state index in [2.05, 4.69) is 29.7 Å². The molecule has 0 saturated carbocycles. The van der Waals surface area contributed by atoms with Crippen LogP contribution >= 0.6 is 23.2 Å². The second-order valence-corrected chi connectivity index (χ2v) is 6.36. The number of nitrogens with one attached hydrogen (secondary N) is 2. The summed E-state index contributed by atoms with van der Waals surface area (Å²) >= 11 is 11.8. The van der Waals surface area contributed by atoms with E-state index in [9.17, 15) is 9.59 Å². The van der Waals surface area contributed by atoms with Gasteiger partial charge < -0.3 is 5.32 Å². The molecule has 0 aliphatic heterocycles. The number of halogens is 2. The number of rotatable bonds is 4. The largest absolute Gasteiger partial charge is 0.329 e. The van der Waals surface area contributed by atoms with Crippen molar-refractivity contribution < 1.29 is 9.59 Å². The lowest BCUT2D eigenvalue weighted by atomic mass is 10.0. The molecule has 0 saturated heterocycles. The Bertz CT molecular complexity index is 802. The summed E-state index contributed by atoms with van der Waals surface area (Å²) < 4.78 is 0. The molecule has 0 heterocycles. The van der Waals surface area contributed by atoms with E-state index in [1.165, 1.54) is 11.8 Å². The number of carbonyl (C=O) groups excluding carboxylic acids is 2. The van der Waals surface area contributed by atoms with Gasteiger partial charge in [-0.25, -0.2) is 5.43 Å². The molecular formula is C18H17Cl2N3O2. The molecular weight excluding hydrogens is 361 g/mol. The highest BCUT2D eigenvalue weighted by molar-refractivity contribution is 6.45. The Balaban J connectivity index is 1.92. The van der Waals surface area contributed by atoms with Gasteiger partial charge in [-0.2, -0.15) is 5.10 Å². The smallest absolute Gasteiger partial charge is 0.316 e.